The van der Waals surface area contributed by atoms with E-state index in [1.807, 2.05) is 36.7 Å². The Morgan fingerprint density at radius 1 is 1.14 bits per heavy atom. The second-order valence-electron chi connectivity index (χ2n) is 7.36. The number of benzene rings is 1. The summed E-state index contributed by atoms with van der Waals surface area (Å²) < 4.78 is 13.5. The summed E-state index contributed by atoms with van der Waals surface area (Å²) in [6.45, 7) is 10.8. The molecule has 0 saturated heterocycles. The third-order valence-corrected chi connectivity index (χ3v) is 4.85. The Morgan fingerprint density at radius 2 is 1.86 bits per heavy atom. The largest absolute Gasteiger partial charge is 0.476 e. The Kier molecular flexibility index (Phi) is 5.73. The van der Waals surface area contributed by atoms with Crippen molar-refractivity contribution in [2.24, 2.45) is 0 Å². The third kappa shape index (κ3) is 3.75. The molecule has 0 bridgehead atoms. The highest BCUT2D eigenvalue weighted by atomic mass is 16.6. The molecular weight excluding hydrogens is 352 g/mol. The van der Waals surface area contributed by atoms with Gasteiger partial charge in [0, 0.05) is 41.6 Å². The first-order chi connectivity index (χ1) is 13.4. The molecule has 148 valence electrons. The van der Waals surface area contributed by atoms with E-state index in [-0.39, 0.29) is 5.97 Å². The number of aromatic nitrogens is 2. The van der Waals surface area contributed by atoms with Gasteiger partial charge in [0.1, 0.15) is 5.75 Å². The van der Waals surface area contributed by atoms with Gasteiger partial charge in [0.25, 0.3) is 0 Å². The molecule has 0 unspecified atom stereocenters. The van der Waals surface area contributed by atoms with Gasteiger partial charge in [0.05, 0.1) is 12.1 Å². The predicted octanol–water partition coefficient (Wildman–Crippen LogP) is 5.14. The maximum absolute atomic E-state index is 12.2. The Labute approximate surface area is 166 Å². The number of carbonyl (C=O) groups excluding carboxylic acids is 1. The second kappa shape index (κ2) is 8.05. The fourth-order valence-electron chi connectivity index (χ4n) is 3.56. The van der Waals surface area contributed by atoms with Gasteiger partial charge in [-0.2, -0.15) is 0 Å². The van der Waals surface area contributed by atoms with E-state index in [0.717, 1.165) is 24.0 Å². The second-order valence-corrected chi connectivity index (χ2v) is 7.36. The first-order valence-electron chi connectivity index (χ1n) is 9.78. The number of nitrogens with zero attached hydrogens (tertiary/aromatic N) is 2. The molecule has 3 rings (SSSR count). The standard InChI is InChI=1S/C23H28N2O3/c1-6-14-25-16(3)21(17-10-12-24-13-11-17)19-9-8-18(15-20(19)25)28-23(4,5)22(26)27-7-2/h8-13,15H,6-7,14H2,1-5H3. The van der Waals surface area contributed by atoms with Crippen molar-refractivity contribution in [2.45, 2.75) is 53.2 Å². The summed E-state index contributed by atoms with van der Waals surface area (Å²) in [5, 5.41) is 1.17. The molecule has 0 fully saturated rings. The van der Waals surface area contributed by atoms with E-state index >= 15 is 0 Å². The highest BCUT2D eigenvalue weighted by molar-refractivity contribution is 5.98. The van der Waals surface area contributed by atoms with Crippen molar-refractivity contribution in [2.75, 3.05) is 6.61 Å². The Bertz CT molecular complexity index is 974. The fourth-order valence-corrected chi connectivity index (χ4v) is 3.56. The first-order valence-corrected chi connectivity index (χ1v) is 9.78. The minimum absolute atomic E-state index is 0.332. The van der Waals surface area contributed by atoms with Crippen LogP contribution in [0.1, 0.15) is 39.8 Å². The smallest absolute Gasteiger partial charge is 0.349 e. The number of aryl methyl sites for hydroxylation is 1. The maximum atomic E-state index is 12.2. The van der Waals surface area contributed by atoms with Crippen LogP contribution in [0.4, 0.5) is 0 Å². The van der Waals surface area contributed by atoms with E-state index < -0.39 is 5.60 Å². The maximum Gasteiger partial charge on any atom is 0.349 e. The normalized spacial score (nSPS) is 11.6. The molecule has 28 heavy (non-hydrogen) atoms. The summed E-state index contributed by atoms with van der Waals surface area (Å²) >= 11 is 0. The van der Waals surface area contributed by atoms with Crippen molar-refractivity contribution in [1.82, 2.24) is 9.55 Å². The number of esters is 1. The monoisotopic (exact) mass is 380 g/mol. The highest BCUT2D eigenvalue weighted by Gasteiger charge is 2.31. The van der Waals surface area contributed by atoms with Crippen molar-refractivity contribution in [3.05, 3.63) is 48.4 Å². The van der Waals surface area contributed by atoms with E-state index in [9.17, 15) is 4.79 Å². The molecule has 0 amide bonds. The average molecular weight is 380 g/mol. The predicted molar refractivity (Wildman–Crippen MR) is 112 cm³/mol. The molecule has 5 nitrogen and oxygen atoms in total. The van der Waals surface area contributed by atoms with Crippen molar-refractivity contribution in [3.8, 4) is 16.9 Å². The van der Waals surface area contributed by atoms with Crippen LogP contribution >= 0.6 is 0 Å². The van der Waals surface area contributed by atoms with Crippen molar-refractivity contribution in [3.63, 3.8) is 0 Å². The van der Waals surface area contributed by atoms with E-state index in [1.165, 1.54) is 16.6 Å². The molecule has 1 aromatic carbocycles. The molecule has 0 radical (unpaired) electrons. The summed E-state index contributed by atoms with van der Waals surface area (Å²) in [5.41, 5.74) is 3.62. The summed E-state index contributed by atoms with van der Waals surface area (Å²) in [4.78, 5) is 16.3. The minimum Gasteiger partial charge on any atom is -0.476 e. The number of hydrogen-bond acceptors (Lipinski definition) is 4. The molecule has 0 aliphatic rings. The van der Waals surface area contributed by atoms with Gasteiger partial charge < -0.3 is 14.0 Å². The van der Waals surface area contributed by atoms with Gasteiger partial charge in [-0.25, -0.2) is 4.79 Å². The molecule has 2 heterocycles. The van der Waals surface area contributed by atoms with Crippen molar-refractivity contribution in [1.29, 1.82) is 0 Å². The van der Waals surface area contributed by atoms with Gasteiger partial charge in [-0.3, -0.25) is 4.98 Å². The van der Waals surface area contributed by atoms with Crippen LogP contribution in [0.25, 0.3) is 22.0 Å². The molecule has 3 aromatic rings. The van der Waals surface area contributed by atoms with Gasteiger partial charge in [-0.05, 0) is 63.9 Å². The summed E-state index contributed by atoms with van der Waals surface area (Å²) in [5.74, 6) is 0.286. The lowest BCUT2D eigenvalue weighted by atomic mass is 10.0. The summed E-state index contributed by atoms with van der Waals surface area (Å²) in [7, 11) is 0. The van der Waals surface area contributed by atoms with Crippen LogP contribution in [0, 0.1) is 6.92 Å². The topological polar surface area (TPSA) is 53.4 Å². The van der Waals surface area contributed by atoms with E-state index in [4.69, 9.17) is 9.47 Å². The first kappa shape index (κ1) is 19.9. The lowest BCUT2D eigenvalue weighted by molar-refractivity contribution is -0.158. The van der Waals surface area contributed by atoms with Gasteiger partial charge in [-0.15, -0.1) is 0 Å². The van der Waals surface area contributed by atoms with Crippen LogP contribution in [0.3, 0.4) is 0 Å². The van der Waals surface area contributed by atoms with E-state index in [2.05, 4.69) is 29.5 Å². The van der Waals surface area contributed by atoms with Gasteiger partial charge in [0.2, 0.25) is 0 Å². The zero-order chi connectivity index (χ0) is 20.3. The average Bonchev–Trinajstić information content (AvgIpc) is 2.94. The number of fused-ring (bicyclic) bond motifs is 1. The Balaban J connectivity index is 2.09. The number of rotatable bonds is 7. The molecule has 0 aliphatic carbocycles. The quantitative estimate of drug-likeness (QED) is 0.533. The Morgan fingerprint density at radius 3 is 2.50 bits per heavy atom. The molecule has 2 aromatic heterocycles. The van der Waals surface area contributed by atoms with Crippen LogP contribution < -0.4 is 4.74 Å². The van der Waals surface area contributed by atoms with Crippen LogP contribution in [0.2, 0.25) is 0 Å². The molecule has 0 atom stereocenters. The van der Waals surface area contributed by atoms with E-state index in [0.29, 0.717) is 12.4 Å². The number of pyridine rings is 1. The van der Waals surface area contributed by atoms with Crippen LogP contribution in [0.15, 0.2) is 42.7 Å². The van der Waals surface area contributed by atoms with Gasteiger partial charge >= 0.3 is 5.97 Å². The zero-order valence-corrected chi connectivity index (χ0v) is 17.3. The van der Waals surface area contributed by atoms with Gasteiger partial charge in [0.15, 0.2) is 5.60 Å². The molecular formula is C23H28N2O3. The Hall–Kier alpha value is -2.82. The summed E-state index contributed by atoms with van der Waals surface area (Å²) in [6, 6.07) is 10.1. The highest BCUT2D eigenvalue weighted by Crippen LogP contribution is 2.37. The fraction of sp³-hybridized carbons (Fsp3) is 0.391. The molecule has 0 aliphatic heterocycles. The number of carbonyl (C=O) groups is 1. The van der Waals surface area contributed by atoms with Crippen molar-refractivity contribution >= 4 is 16.9 Å². The number of ether oxygens (including phenoxy) is 2. The molecule has 5 heteroatoms. The molecule has 0 N–H and O–H groups in total. The van der Waals surface area contributed by atoms with E-state index in [1.54, 1.807) is 20.8 Å². The summed E-state index contributed by atoms with van der Waals surface area (Å²) in [6.07, 6.45) is 4.66. The van der Waals surface area contributed by atoms with Gasteiger partial charge in [-0.1, -0.05) is 6.92 Å². The van der Waals surface area contributed by atoms with Crippen LogP contribution in [-0.4, -0.2) is 27.7 Å². The number of hydrogen-bond donors (Lipinski definition) is 0. The lowest BCUT2D eigenvalue weighted by Crippen LogP contribution is -2.39. The van der Waals surface area contributed by atoms with Crippen LogP contribution in [-0.2, 0) is 16.1 Å². The van der Waals surface area contributed by atoms with Crippen molar-refractivity contribution < 1.29 is 14.3 Å². The third-order valence-electron chi connectivity index (χ3n) is 4.85. The lowest BCUT2D eigenvalue weighted by Gasteiger charge is -2.24. The van der Waals surface area contributed by atoms with Crippen LogP contribution in [0.5, 0.6) is 5.75 Å². The zero-order valence-electron chi connectivity index (χ0n) is 17.3. The molecule has 0 saturated carbocycles. The minimum atomic E-state index is -1.05. The molecule has 0 spiro atoms. The SMILES string of the molecule is CCCn1c(C)c(-c2ccncc2)c2ccc(OC(C)(C)C(=O)OCC)cc21.